The predicted molar refractivity (Wildman–Crippen MR) is 22.9 cm³/mol. The molecule has 0 aromatic carbocycles. The highest BCUT2D eigenvalue weighted by atomic mass is 17.1. The molecule has 0 aliphatic rings. The molecule has 0 saturated carbocycles. The summed E-state index contributed by atoms with van der Waals surface area (Å²) in [5.74, 6) is 0. The summed E-state index contributed by atoms with van der Waals surface area (Å²) < 4.78 is 4.60. The van der Waals surface area contributed by atoms with E-state index in [9.17, 15) is 5.26 Å². The Labute approximate surface area is 42.8 Å². The molecule has 0 spiro atoms. The van der Waals surface area contributed by atoms with Crippen LogP contribution >= 0.6 is 0 Å². The zero-order valence-electron chi connectivity index (χ0n) is 4.35. The average Bonchev–Trinajstić information content (AvgIpc) is 1.69. The number of hydrogen-bond acceptors (Lipinski definition) is 2. The Hall–Kier alpha value is -0.120. The van der Waals surface area contributed by atoms with Gasteiger partial charge in [-0.3, -0.25) is 0 Å². The van der Waals surface area contributed by atoms with Crippen LogP contribution in [0.25, 0.3) is 0 Å². The second-order valence-electron chi connectivity index (χ2n) is 1.14. The molecule has 0 fully saturated rings. The highest BCUT2D eigenvalue weighted by Crippen LogP contribution is 1.77. The summed E-state index contributed by atoms with van der Waals surface area (Å²) >= 11 is 0. The van der Waals surface area contributed by atoms with Gasteiger partial charge in [0.2, 0.25) is 0 Å². The van der Waals surface area contributed by atoms with Crippen molar-refractivity contribution in [2.45, 2.75) is 13.3 Å². The molecule has 0 rings (SSSR count). The van der Waals surface area contributed by atoms with Gasteiger partial charge in [0.15, 0.2) is 6.79 Å². The summed E-state index contributed by atoms with van der Waals surface area (Å²) in [6.45, 7) is 2.43. The molecule has 1 radical (unpaired) electrons. The SMILES string of the molecule is CCCOCO[O]. The Bertz CT molecular complexity index is 26.1. The van der Waals surface area contributed by atoms with Gasteiger partial charge in [0.25, 0.3) is 0 Å². The maximum absolute atomic E-state index is 9.18. The van der Waals surface area contributed by atoms with E-state index in [4.69, 9.17) is 0 Å². The Morgan fingerprint density at radius 1 is 1.57 bits per heavy atom. The molecule has 0 aromatic heterocycles. The van der Waals surface area contributed by atoms with E-state index in [1.807, 2.05) is 6.92 Å². The lowest BCUT2D eigenvalue weighted by Crippen LogP contribution is -1.95. The molecule has 3 heteroatoms. The van der Waals surface area contributed by atoms with Crippen LogP contribution in [0.4, 0.5) is 0 Å². The zero-order chi connectivity index (χ0) is 5.54. The standard InChI is InChI=1S/C4H9O3/c1-2-3-6-4-7-5/h2-4H2,1H3. The van der Waals surface area contributed by atoms with Crippen molar-refractivity contribution in [3.63, 3.8) is 0 Å². The lowest BCUT2D eigenvalue weighted by atomic mass is 10.5. The van der Waals surface area contributed by atoms with Gasteiger partial charge in [0.1, 0.15) is 0 Å². The summed E-state index contributed by atoms with van der Waals surface area (Å²) in [6.07, 6.45) is 0.920. The van der Waals surface area contributed by atoms with Crippen molar-refractivity contribution >= 4 is 0 Å². The minimum absolute atomic E-state index is 0.131. The fourth-order valence-electron chi connectivity index (χ4n) is 0.237. The van der Waals surface area contributed by atoms with Crippen LogP contribution < -0.4 is 0 Å². The first-order chi connectivity index (χ1) is 3.41. The molecule has 43 valence electrons. The normalized spacial score (nSPS) is 9.43. The van der Waals surface area contributed by atoms with Gasteiger partial charge in [-0.2, -0.15) is 4.89 Å². The van der Waals surface area contributed by atoms with Gasteiger partial charge in [-0.15, -0.1) is 0 Å². The molecule has 3 nitrogen and oxygen atoms in total. The van der Waals surface area contributed by atoms with Gasteiger partial charge >= 0.3 is 0 Å². The lowest BCUT2D eigenvalue weighted by molar-refractivity contribution is -0.346. The van der Waals surface area contributed by atoms with E-state index < -0.39 is 0 Å². The van der Waals surface area contributed by atoms with Crippen molar-refractivity contribution in [2.24, 2.45) is 0 Å². The van der Waals surface area contributed by atoms with Crippen molar-refractivity contribution in [2.75, 3.05) is 13.4 Å². The first kappa shape index (κ1) is 6.88. The minimum Gasteiger partial charge on any atom is -0.352 e. The number of hydrogen-bond donors (Lipinski definition) is 0. The van der Waals surface area contributed by atoms with Crippen LogP contribution in [0.15, 0.2) is 0 Å². The smallest absolute Gasteiger partial charge is 0.183 e. The zero-order valence-corrected chi connectivity index (χ0v) is 4.35. The third-order valence-corrected chi connectivity index (χ3v) is 0.480. The number of ether oxygens (including phenoxy) is 1. The molecule has 0 aliphatic carbocycles. The Morgan fingerprint density at radius 2 is 2.29 bits per heavy atom. The summed E-state index contributed by atoms with van der Waals surface area (Å²) in [5, 5.41) is 9.18. The van der Waals surface area contributed by atoms with Gasteiger partial charge < -0.3 is 4.74 Å². The third-order valence-electron chi connectivity index (χ3n) is 0.480. The largest absolute Gasteiger partial charge is 0.352 e. The van der Waals surface area contributed by atoms with Crippen LogP contribution in [-0.4, -0.2) is 13.4 Å². The summed E-state index contributed by atoms with van der Waals surface area (Å²) in [7, 11) is 0. The molecule has 0 aliphatic heterocycles. The van der Waals surface area contributed by atoms with Crippen LogP contribution in [0.2, 0.25) is 0 Å². The Kier molecular flexibility index (Phi) is 5.78. The molecule has 0 bridgehead atoms. The fourth-order valence-corrected chi connectivity index (χ4v) is 0.237. The number of rotatable bonds is 4. The van der Waals surface area contributed by atoms with Crippen molar-refractivity contribution in [1.29, 1.82) is 0 Å². The Balaban J connectivity index is 2.45. The van der Waals surface area contributed by atoms with Crippen LogP contribution in [0.3, 0.4) is 0 Å². The molecule has 0 saturated heterocycles. The average molecular weight is 105 g/mol. The van der Waals surface area contributed by atoms with E-state index in [0.29, 0.717) is 6.61 Å². The second-order valence-corrected chi connectivity index (χ2v) is 1.14. The van der Waals surface area contributed by atoms with Crippen molar-refractivity contribution < 1.29 is 14.9 Å². The topological polar surface area (TPSA) is 38.4 Å². The van der Waals surface area contributed by atoms with Crippen molar-refractivity contribution in [3.8, 4) is 0 Å². The monoisotopic (exact) mass is 105 g/mol. The molecule has 0 aromatic rings. The summed E-state index contributed by atoms with van der Waals surface area (Å²) in [4.78, 5) is 3.37. The van der Waals surface area contributed by atoms with E-state index in [1.54, 1.807) is 0 Å². The van der Waals surface area contributed by atoms with Gasteiger partial charge in [-0.05, 0) is 11.7 Å². The summed E-state index contributed by atoms with van der Waals surface area (Å²) in [5.41, 5.74) is 0. The van der Waals surface area contributed by atoms with Crippen LogP contribution in [0, 0.1) is 0 Å². The maximum atomic E-state index is 9.18. The summed E-state index contributed by atoms with van der Waals surface area (Å²) in [6, 6.07) is 0. The first-order valence-electron chi connectivity index (χ1n) is 2.24. The fraction of sp³-hybridized carbons (Fsp3) is 1.00. The maximum Gasteiger partial charge on any atom is 0.183 e. The van der Waals surface area contributed by atoms with Crippen LogP contribution in [0.5, 0.6) is 0 Å². The van der Waals surface area contributed by atoms with Crippen molar-refractivity contribution in [3.05, 3.63) is 0 Å². The van der Waals surface area contributed by atoms with Crippen molar-refractivity contribution in [1.82, 2.24) is 0 Å². The molecule has 7 heavy (non-hydrogen) atoms. The molecule has 0 amide bonds. The first-order valence-corrected chi connectivity index (χ1v) is 2.24. The van der Waals surface area contributed by atoms with Gasteiger partial charge in [-0.25, -0.2) is 0 Å². The van der Waals surface area contributed by atoms with Gasteiger partial charge in [0.05, 0.1) is 0 Å². The second kappa shape index (κ2) is 5.88. The molecular weight excluding hydrogens is 96.0 g/mol. The van der Waals surface area contributed by atoms with Crippen LogP contribution in [-0.2, 0) is 14.9 Å². The molecular formula is C4H9O3. The van der Waals surface area contributed by atoms with Crippen LogP contribution in [0.1, 0.15) is 13.3 Å². The van der Waals surface area contributed by atoms with E-state index in [2.05, 4.69) is 9.62 Å². The van der Waals surface area contributed by atoms with E-state index >= 15 is 0 Å². The molecule has 0 unspecified atom stereocenters. The molecule has 0 N–H and O–H groups in total. The quantitative estimate of drug-likeness (QED) is 0.229. The highest BCUT2D eigenvalue weighted by Gasteiger charge is 1.80. The predicted octanol–water partition coefficient (Wildman–Crippen LogP) is 0.733. The van der Waals surface area contributed by atoms with Gasteiger partial charge in [0, 0.05) is 6.61 Å². The molecule has 0 atom stereocenters. The van der Waals surface area contributed by atoms with E-state index in [1.165, 1.54) is 0 Å². The van der Waals surface area contributed by atoms with E-state index in [0.717, 1.165) is 6.42 Å². The highest BCUT2D eigenvalue weighted by molar-refractivity contribution is 4.17. The lowest BCUT2D eigenvalue weighted by Gasteiger charge is -1.93. The third kappa shape index (κ3) is 5.88. The van der Waals surface area contributed by atoms with Gasteiger partial charge in [-0.1, -0.05) is 6.92 Å². The van der Waals surface area contributed by atoms with E-state index in [-0.39, 0.29) is 6.79 Å². The molecule has 0 heterocycles. The Morgan fingerprint density at radius 3 is 2.71 bits per heavy atom. The minimum atomic E-state index is -0.131.